The van der Waals surface area contributed by atoms with Gasteiger partial charge in [-0.1, -0.05) is 38.5 Å². The van der Waals surface area contributed by atoms with E-state index in [4.69, 9.17) is 4.74 Å². The highest BCUT2D eigenvalue weighted by Gasteiger charge is 2.28. The summed E-state index contributed by atoms with van der Waals surface area (Å²) in [7, 11) is 1.64. The SMILES string of the molecule is COc1ccc(-n2c(SCC(=O)NC3CCCC(C)C3C)nnc2-c2ccncc2)cc1. The second kappa shape index (κ2) is 10.2. The summed E-state index contributed by atoms with van der Waals surface area (Å²) in [6, 6.07) is 11.8. The summed E-state index contributed by atoms with van der Waals surface area (Å²) in [4.78, 5) is 16.8. The minimum Gasteiger partial charge on any atom is -0.497 e. The van der Waals surface area contributed by atoms with E-state index in [0.717, 1.165) is 23.4 Å². The van der Waals surface area contributed by atoms with E-state index in [1.807, 2.05) is 41.0 Å². The van der Waals surface area contributed by atoms with E-state index in [-0.39, 0.29) is 11.9 Å². The van der Waals surface area contributed by atoms with E-state index >= 15 is 0 Å². The van der Waals surface area contributed by atoms with Crippen molar-refractivity contribution in [3.63, 3.8) is 0 Å². The van der Waals surface area contributed by atoms with Crippen molar-refractivity contribution in [2.24, 2.45) is 11.8 Å². The van der Waals surface area contributed by atoms with Crippen LogP contribution in [0.1, 0.15) is 33.1 Å². The van der Waals surface area contributed by atoms with Crippen LogP contribution < -0.4 is 10.1 Å². The van der Waals surface area contributed by atoms with E-state index < -0.39 is 0 Å². The summed E-state index contributed by atoms with van der Waals surface area (Å²) >= 11 is 1.40. The standard InChI is InChI=1S/C24H29N5O2S/c1-16-5-4-6-21(17(16)2)26-22(30)15-32-24-28-27-23(18-11-13-25-14-12-18)29(24)19-7-9-20(31-3)10-8-19/h7-14,16-17,21H,4-6,15H2,1-3H3,(H,26,30). The van der Waals surface area contributed by atoms with Crippen LogP contribution in [-0.4, -0.2) is 44.6 Å². The Balaban J connectivity index is 1.54. The number of rotatable bonds is 7. The molecule has 7 nitrogen and oxygen atoms in total. The number of ether oxygens (including phenoxy) is 1. The summed E-state index contributed by atoms with van der Waals surface area (Å²) < 4.78 is 7.26. The first kappa shape index (κ1) is 22.3. The Hall–Kier alpha value is -2.87. The zero-order valence-corrected chi connectivity index (χ0v) is 19.5. The fraction of sp³-hybridized carbons (Fsp3) is 0.417. The number of pyridine rings is 1. The lowest BCUT2D eigenvalue weighted by Crippen LogP contribution is -2.44. The smallest absolute Gasteiger partial charge is 0.230 e. The Morgan fingerprint density at radius 1 is 1.12 bits per heavy atom. The molecule has 1 N–H and O–H groups in total. The van der Waals surface area contributed by atoms with E-state index in [1.165, 1.54) is 24.6 Å². The molecule has 0 aliphatic heterocycles. The molecule has 0 radical (unpaired) electrons. The highest BCUT2D eigenvalue weighted by Crippen LogP contribution is 2.31. The Bertz CT molecular complexity index is 1040. The zero-order valence-electron chi connectivity index (χ0n) is 18.7. The molecule has 1 aliphatic carbocycles. The van der Waals surface area contributed by atoms with Crippen LogP contribution in [0.15, 0.2) is 53.9 Å². The molecule has 1 aliphatic rings. The van der Waals surface area contributed by atoms with Crippen molar-refractivity contribution in [2.75, 3.05) is 12.9 Å². The molecule has 2 heterocycles. The Labute approximate surface area is 193 Å². The van der Waals surface area contributed by atoms with Crippen molar-refractivity contribution in [1.82, 2.24) is 25.1 Å². The Morgan fingerprint density at radius 3 is 2.59 bits per heavy atom. The molecule has 168 valence electrons. The lowest BCUT2D eigenvalue weighted by Gasteiger charge is -2.34. The van der Waals surface area contributed by atoms with Crippen LogP contribution in [-0.2, 0) is 4.79 Å². The molecular weight excluding hydrogens is 422 g/mol. The first-order valence-electron chi connectivity index (χ1n) is 11.0. The largest absolute Gasteiger partial charge is 0.497 e. The lowest BCUT2D eigenvalue weighted by molar-refractivity contribution is -0.120. The zero-order chi connectivity index (χ0) is 22.5. The van der Waals surface area contributed by atoms with Crippen LogP contribution in [0.2, 0.25) is 0 Å². The Kier molecular flexibility index (Phi) is 7.09. The van der Waals surface area contributed by atoms with Gasteiger partial charge >= 0.3 is 0 Å². The second-order valence-corrected chi connectivity index (χ2v) is 9.25. The van der Waals surface area contributed by atoms with Crippen LogP contribution in [0.25, 0.3) is 17.1 Å². The molecular formula is C24H29N5O2S. The van der Waals surface area contributed by atoms with Crippen LogP contribution in [0, 0.1) is 11.8 Å². The number of benzene rings is 1. The van der Waals surface area contributed by atoms with Crippen molar-refractivity contribution >= 4 is 17.7 Å². The van der Waals surface area contributed by atoms with Gasteiger partial charge in [0.15, 0.2) is 11.0 Å². The van der Waals surface area contributed by atoms with Gasteiger partial charge in [-0.15, -0.1) is 10.2 Å². The minimum absolute atomic E-state index is 0.0377. The third-order valence-corrected chi connectivity index (χ3v) is 7.22. The van der Waals surface area contributed by atoms with Crippen molar-refractivity contribution in [3.8, 4) is 22.8 Å². The lowest BCUT2D eigenvalue weighted by atomic mass is 9.78. The quantitative estimate of drug-likeness (QED) is 0.537. The fourth-order valence-electron chi connectivity index (χ4n) is 4.18. The maximum atomic E-state index is 12.7. The molecule has 0 bridgehead atoms. The summed E-state index contributed by atoms with van der Waals surface area (Å²) in [6.45, 7) is 4.51. The molecule has 4 rings (SSSR count). The van der Waals surface area contributed by atoms with Crippen LogP contribution in [0.4, 0.5) is 0 Å². The number of hydrogen-bond acceptors (Lipinski definition) is 6. The molecule has 8 heteroatoms. The number of thioether (sulfide) groups is 1. The molecule has 3 atom stereocenters. The molecule has 0 saturated heterocycles. The molecule has 32 heavy (non-hydrogen) atoms. The molecule has 1 amide bonds. The topological polar surface area (TPSA) is 81.9 Å². The minimum atomic E-state index is 0.0377. The van der Waals surface area contributed by atoms with E-state index in [2.05, 4.69) is 34.3 Å². The van der Waals surface area contributed by atoms with Gasteiger partial charge in [-0.05, 0) is 54.7 Å². The molecule has 2 aromatic heterocycles. The number of amides is 1. The maximum Gasteiger partial charge on any atom is 0.230 e. The van der Waals surface area contributed by atoms with E-state index in [9.17, 15) is 4.79 Å². The second-order valence-electron chi connectivity index (χ2n) is 8.31. The molecule has 0 spiro atoms. The highest BCUT2D eigenvalue weighted by atomic mass is 32.2. The van der Waals surface area contributed by atoms with Gasteiger partial charge in [0.1, 0.15) is 5.75 Å². The summed E-state index contributed by atoms with van der Waals surface area (Å²) in [5.41, 5.74) is 1.81. The number of nitrogens with one attached hydrogen (secondary N) is 1. The van der Waals surface area contributed by atoms with Crippen LogP contribution in [0.5, 0.6) is 5.75 Å². The van der Waals surface area contributed by atoms with Gasteiger partial charge in [0.25, 0.3) is 0 Å². The summed E-state index contributed by atoms with van der Waals surface area (Å²) in [5, 5.41) is 12.7. The van der Waals surface area contributed by atoms with Crippen LogP contribution in [0.3, 0.4) is 0 Å². The average molecular weight is 452 g/mol. The molecule has 1 fully saturated rings. The molecule has 3 unspecified atom stereocenters. The van der Waals surface area contributed by atoms with Gasteiger partial charge in [0.05, 0.1) is 12.9 Å². The van der Waals surface area contributed by atoms with Gasteiger partial charge in [-0.25, -0.2) is 0 Å². The fourth-order valence-corrected chi connectivity index (χ4v) is 4.94. The molecule has 1 saturated carbocycles. The number of carbonyl (C=O) groups excluding carboxylic acids is 1. The third kappa shape index (κ3) is 4.96. The van der Waals surface area contributed by atoms with Crippen molar-refractivity contribution in [2.45, 2.75) is 44.3 Å². The number of hydrogen-bond donors (Lipinski definition) is 1. The van der Waals surface area contributed by atoms with Gasteiger partial charge in [-0.3, -0.25) is 14.3 Å². The van der Waals surface area contributed by atoms with E-state index in [0.29, 0.717) is 28.6 Å². The maximum absolute atomic E-state index is 12.7. The van der Waals surface area contributed by atoms with Gasteiger partial charge in [0, 0.05) is 29.7 Å². The van der Waals surface area contributed by atoms with Crippen LogP contribution >= 0.6 is 11.8 Å². The number of nitrogens with zero attached hydrogens (tertiary/aromatic N) is 4. The van der Waals surface area contributed by atoms with Crippen molar-refractivity contribution in [1.29, 1.82) is 0 Å². The summed E-state index contributed by atoms with van der Waals surface area (Å²) in [6.07, 6.45) is 6.93. The normalized spacial score (nSPS) is 20.7. The summed E-state index contributed by atoms with van der Waals surface area (Å²) in [5.74, 6) is 2.95. The van der Waals surface area contributed by atoms with Crippen molar-refractivity contribution in [3.05, 3.63) is 48.8 Å². The molecule has 1 aromatic carbocycles. The predicted octanol–water partition coefficient (Wildman–Crippen LogP) is 4.37. The third-order valence-electron chi connectivity index (χ3n) is 6.29. The predicted molar refractivity (Wildman–Crippen MR) is 126 cm³/mol. The molecule has 3 aromatic rings. The van der Waals surface area contributed by atoms with Gasteiger partial charge in [-0.2, -0.15) is 0 Å². The Morgan fingerprint density at radius 2 is 1.88 bits per heavy atom. The number of aromatic nitrogens is 4. The van der Waals surface area contributed by atoms with Gasteiger partial charge in [0.2, 0.25) is 5.91 Å². The van der Waals surface area contributed by atoms with E-state index in [1.54, 1.807) is 19.5 Å². The first-order chi connectivity index (χ1) is 15.6. The monoisotopic (exact) mass is 451 g/mol. The van der Waals surface area contributed by atoms with Crippen molar-refractivity contribution < 1.29 is 9.53 Å². The first-order valence-corrected chi connectivity index (χ1v) is 12.0. The number of methoxy groups -OCH3 is 1. The number of carbonyl (C=O) groups is 1. The van der Waals surface area contributed by atoms with Gasteiger partial charge < -0.3 is 10.1 Å². The highest BCUT2D eigenvalue weighted by molar-refractivity contribution is 7.99. The average Bonchev–Trinajstić information content (AvgIpc) is 3.25.